The van der Waals surface area contributed by atoms with Crippen LogP contribution in [0.1, 0.15) is 11.1 Å². The Kier molecular flexibility index (Phi) is 7.05. The summed E-state index contributed by atoms with van der Waals surface area (Å²) in [4.78, 5) is 4.45. The molecule has 0 aliphatic carbocycles. The van der Waals surface area contributed by atoms with Gasteiger partial charge in [0.25, 0.3) is 0 Å². The van der Waals surface area contributed by atoms with Crippen molar-refractivity contribution in [3.63, 3.8) is 0 Å². The fourth-order valence-corrected chi connectivity index (χ4v) is 2.87. The molecule has 0 radical (unpaired) electrons. The number of anilines is 2. The zero-order valence-corrected chi connectivity index (χ0v) is 16.8. The summed E-state index contributed by atoms with van der Waals surface area (Å²) in [7, 11) is 4.90. The van der Waals surface area contributed by atoms with Gasteiger partial charge >= 0.3 is 0 Å². The summed E-state index contributed by atoms with van der Waals surface area (Å²) in [6, 6.07) is 13.7. The number of benzene rings is 2. The minimum atomic E-state index is 0.446. The van der Waals surface area contributed by atoms with Gasteiger partial charge in [0.1, 0.15) is 5.75 Å². The van der Waals surface area contributed by atoms with E-state index >= 15 is 0 Å². The van der Waals surface area contributed by atoms with Crippen LogP contribution in [0, 0.1) is 0 Å². The van der Waals surface area contributed by atoms with Gasteiger partial charge in [0.05, 0.1) is 27.5 Å². The smallest absolute Gasteiger partial charge is 0.244 e. The second kappa shape index (κ2) is 10.1. The maximum absolute atomic E-state index is 5.38. The lowest BCUT2D eigenvalue weighted by atomic mass is 10.1. The lowest BCUT2D eigenvalue weighted by Gasteiger charge is -2.11. The van der Waals surface area contributed by atoms with Crippen molar-refractivity contribution in [3.8, 4) is 17.2 Å². The number of aromatic nitrogens is 3. The summed E-state index contributed by atoms with van der Waals surface area (Å²) < 4.78 is 16.0. The van der Waals surface area contributed by atoms with E-state index in [4.69, 9.17) is 14.2 Å². The van der Waals surface area contributed by atoms with Gasteiger partial charge in [0, 0.05) is 13.1 Å². The Bertz CT molecular complexity index is 936. The highest BCUT2D eigenvalue weighted by Crippen LogP contribution is 2.27. The van der Waals surface area contributed by atoms with Gasteiger partial charge in [-0.15, -0.1) is 5.10 Å². The summed E-state index contributed by atoms with van der Waals surface area (Å²) in [5, 5.41) is 14.5. The third-order valence-electron chi connectivity index (χ3n) is 4.35. The molecule has 0 amide bonds. The number of nitrogens with one attached hydrogen (secondary N) is 2. The van der Waals surface area contributed by atoms with Gasteiger partial charge < -0.3 is 24.8 Å². The third-order valence-corrected chi connectivity index (χ3v) is 4.35. The number of rotatable bonds is 10. The number of nitrogens with zero attached hydrogens (tertiary/aromatic N) is 3. The van der Waals surface area contributed by atoms with Crippen LogP contribution in [-0.2, 0) is 13.0 Å². The van der Waals surface area contributed by atoms with Crippen molar-refractivity contribution in [2.75, 3.05) is 38.5 Å². The van der Waals surface area contributed by atoms with Crippen molar-refractivity contribution in [2.24, 2.45) is 0 Å². The highest BCUT2D eigenvalue weighted by Gasteiger charge is 2.06. The van der Waals surface area contributed by atoms with Gasteiger partial charge in [-0.05, 0) is 35.7 Å². The second-order valence-electron chi connectivity index (χ2n) is 6.20. The molecule has 8 heteroatoms. The molecule has 0 saturated carbocycles. The van der Waals surface area contributed by atoms with Gasteiger partial charge in [0.15, 0.2) is 17.3 Å². The molecule has 0 unspecified atom stereocenters. The quantitative estimate of drug-likeness (QED) is 0.541. The minimum absolute atomic E-state index is 0.446. The fraction of sp³-hybridized carbons (Fsp3) is 0.286. The van der Waals surface area contributed by atoms with Crippen molar-refractivity contribution in [2.45, 2.75) is 13.0 Å². The summed E-state index contributed by atoms with van der Waals surface area (Å²) in [5.74, 6) is 3.35. The van der Waals surface area contributed by atoms with Crippen molar-refractivity contribution >= 4 is 11.8 Å². The van der Waals surface area contributed by atoms with E-state index in [2.05, 4.69) is 31.9 Å². The van der Waals surface area contributed by atoms with Gasteiger partial charge in [-0.3, -0.25) is 0 Å². The molecule has 0 aliphatic heterocycles. The highest BCUT2D eigenvalue weighted by atomic mass is 16.5. The van der Waals surface area contributed by atoms with E-state index in [0.717, 1.165) is 23.3 Å². The van der Waals surface area contributed by atoms with Crippen LogP contribution in [0.3, 0.4) is 0 Å². The Morgan fingerprint density at radius 3 is 2.45 bits per heavy atom. The van der Waals surface area contributed by atoms with E-state index < -0.39 is 0 Å². The molecule has 152 valence electrons. The predicted octanol–water partition coefficient (Wildman–Crippen LogP) is 3.16. The monoisotopic (exact) mass is 395 g/mol. The zero-order chi connectivity index (χ0) is 20.5. The van der Waals surface area contributed by atoms with E-state index in [1.54, 1.807) is 27.5 Å². The van der Waals surface area contributed by atoms with Crippen molar-refractivity contribution in [1.29, 1.82) is 0 Å². The first-order valence-electron chi connectivity index (χ1n) is 9.23. The van der Waals surface area contributed by atoms with Crippen molar-refractivity contribution in [1.82, 2.24) is 15.2 Å². The molecule has 0 fully saturated rings. The fourth-order valence-electron chi connectivity index (χ4n) is 2.87. The van der Waals surface area contributed by atoms with Crippen LogP contribution >= 0.6 is 0 Å². The van der Waals surface area contributed by atoms with E-state index in [1.165, 1.54) is 0 Å². The summed E-state index contributed by atoms with van der Waals surface area (Å²) in [6.07, 6.45) is 2.41. The maximum Gasteiger partial charge on any atom is 0.244 e. The van der Waals surface area contributed by atoms with Gasteiger partial charge in [-0.25, -0.2) is 0 Å². The number of ether oxygens (including phenoxy) is 3. The number of methoxy groups -OCH3 is 3. The Labute approximate surface area is 170 Å². The average molecular weight is 395 g/mol. The van der Waals surface area contributed by atoms with Crippen LogP contribution in [0.25, 0.3) is 0 Å². The van der Waals surface area contributed by atoms with Crippen molar-refractivity contribution < 1.29 is 14.2 Å². The summed E-state index contributed by atoms with van der Waals surface area (Å²) >= 11 is 0. The first-order valence-corrected chi connectivity index (χ1v) is 9.23. The molecule has 0 atom stereocenters. The molecule has 2 N–H and O–H groups in total. The summed E-state index contributed by atoms with van der Waals surface area (Å²) in [5.41, 5.74) is 2.15. The molecule has 29 heavy (non-hydrogen) atoms. The lowest BCUT2D eigenvalue weighted by Crippen LogP contribution is -2.10. The zero-order valence-electron chi connectivity index (χ0n) is 16.8. The average Bonchev–Trinajstić information content (AvgIpc) is 2.78. The molecule has 8 nitrogen and oxygen atoms in total. The van der Waals surface area contributed by atoms with Gasteiger partial charge in [-0.2, -0.15) is 10.1 Å². The Balaban J connectivity index is 1.55. The molecule has 3 aromatic rings. The SMILES string of the molecule is COc1ccccc1CCNc1cnnc(NCc2ccc(OC)c(OC)c2)n1. The van der Waals surface area contributed by atoms with Crippen LogP contribution < -0.4 is 24.8 Å². The van der Waals surface area contributed by atoms with Gasteiger partial charge in [0.2, 0.25) is 5.95 Å². The first kappa shape index (κ1) is 20.2. The maximum atomic E-state index is 5.38. The topological polar surface area (TPSA) is 90.4 Å². The standard InChI is InChI=1S/C21H25N5O3/c1-27-17-7-5-4-6-16(17)10-11-22-20-14-24-26-21(25-20)23-13-15-8-9-18(28-2)19(12-15)29-3/h4-9,12,14H,10-11,13H2,1-3H3,(H2,22,23,25,26). The van der Waals surface area contributed by atoms with E-state index in [1.807, 2.05) is 36.4 Å². The highest BCUT2D eigenvalue weighted by molar-refractivity contribution is 5.44. The van der Waals surface area contributed by atoms with Crippen LogP contribution in [-0.4, -0.2) is 43.1 Å². The molecule has 0 spiro atoms. The first-order chi connectivity index (χ1) is 14.2. The summed E-state index contributed by atoms with van der Waals surface area (Å²) in [6.45, 7) is 1.24. The van der Waals surface area contributed by atoms with Gasteiger partial charge in [-0.1, -0.05) is 24.3 Å². The largest absolute Gasteiger partial charge is 0.496 e. The third kappa shape index (κ3) is 5.47. The van der Waals surface area contributed by atoms with Crippen LogP contribution in [0.15, 0.2) is 48.7 Å². The van der Waals surface area contributed by atoms with E-state index in [-0.39, 0.29) is 0 Å². The minimum Gasteiger partial charge on any atom is -0.496 e. The van der Waals surface area contributed by atoms with E-state index in [0.29, 0.717) is 36.4 Å². The van der Waals surface area contributed by atoms with E-state index in [9.17, 15) is 0 Å². The Morgan fingerprint density at radius 1 is 0.862 bits per heavy atom. The Morgan fingerprint density at radius 2 is 1.66 bits per heavy atom. The van der Waals surface area contributed by atoms with Crippen LogP contribution in [0.2, 0.25) is 0 Å². The predicted molar refractivity (Wildman–Crippen MR) is 112 cm³/mol. The molecule has 2 aromatic carbocycles. The molecule has 0 bridgehead atoms. The number of hydrogen-bond donors (Lipinski definition) is 2. The molecule has 3 rings (SSSR count). The Hall–Kier alpha value is -3.55. The number of hydrogen-bond acceptors (Lipinski definition) is 8. The van der Waals surface area contributed by atoms with Crippen molar-refractivity contribution in [3.05, 3.63) is 59.8 Å². The lowest BCUT2D eigenvalue weighted by molar-refractivity contribution is 0.354. The molecule has 0 aliphatic rings. The number of para-hydroxylation sites is 1. The van der Waals surface area contributed by atoms with Crippen LogP contribution in [0.4, 0.5) is 11.8 Å². The second-order valence-corrected chi connectivity index (χ2v) is 6.20. The van der Waals surface area contributed by atoms with Crippen LogP contribution in [0.5, 0.6) is 17.2 Å². The molecule has 1 heterocycles. The normalized spacial score (nSPS) is 10.3. The molecule has 0 saturated heterocycles. The molecule has 1 aromatic heterocycles. The molecular formula is C21H25N5O3. The molecular weight excluding hydrogens is 370 g/mol.